The van der Waals surface area contributed by atoms with Crippen LogP contribution in [-0.4, -0.2) is 17.1 Å². The number of carbonyl (C=O) groups is 1. The minimum absolute atomic E-state index is 0.498. The summed E-state index contributed by atoms with van der Waals surface area (Å²) in [5.41, 5.74) is 6.53. The second kappa shape index (κ2) is 5.73. The summed E-state index contributed by atoms with van der Waals surface area (Å²) in [6.45, 7) is 0. The topological polar surface area (TPSA) is 63.3 Å². The van der Waals surface area contributed by atoms with E-state index < -0.39 is 12.0 Å². The van der Waals surface area contributed by atoms with Gasteiger partial charge in [-0.15, -0.1) is 0 Å². The molecule has 0 bridgehead atoms. The van der Waals surface area contributed by atoms with Crippen LogP contribution in [0.3, 0.4) is 0 Å². The Morgan fingerprint density at radius 3 is 2.53 bits per heavy atom. The number of nitrogens with two attached hydrogens (primary N) is 1. The van der Waals surface area contributed by atoms with Crippen molar-refractivity contribution in [2.75, 3.05) is 0 Å². The lowest BCUT2D eigenvalue weighted by molar-refractivity contribution is -0.138. The highest BCUT2D eigenvalue weighted by atomic mass is 35.5. The molecule has 0 fully saturated rings. The van der Waals surface area contributed by atoms with Crippen molar-refractivity contribution in [3.8, 4) is 0 Å². The first-order chi connectivity index (χ1) is 7.09. The van der Waals surface area contributed by atoms with Crippen LogP contribution in [0.25, 0.3) is 0 Å². The number of benzene rings is 1. The Labute approximate surface area is 93.9 Å². The normalized spacial score (nSPS) is 12.4. The molecule has 0 amide bonds. The first kappa shape index (κ1) is 12.0. The SMILES string of the molecule is NC(CCCc1ccc(Cl)cc1)C(=O)O. The van der Waals surface area contributed by atoms with Crippen molar-refractivity contribution in [3.63, 3.8) is 0 Å². The van der Waals surface area contributed by atoms with Crippen molar-refractivity contribution < 1.29 is 9.90 Å². The minimum atomic E-state index is -0.939. The first-order valence-electron chi connectivity index (χ1n) is 4.82. The number of aryl methyl sites for hydroxylation is 1. The standard InChI is InChI=1S/C11H14ClNO2/c12-9-6-4-8(5-7-9)2-1-3-10(13)11(14)15/h4-7,10H,1-3,13H2,(H,14,15). The molecule has 0 aliphatic rings. The van der Waals surface area contributed by atoms with E-state index in [-0.39, 0.29) is 0 Å². The van der Waals surface area contributed by atoms with Gasteiger partial charge in [0.2, 0.25) is 0 Å². The van der Waals surface area contributed by atoms with Gasteiger partial charge in [0, 0.05) is 5.02 Å². The second-order valence-electron chi connectivity index (χ2n) is 3.46. The van der Waals surface area contributed by atoms with Gasteiger partial charge in [-0.3, -0.25) is 4.79 Å². The van der Waals surface area contributed by atoms with Crippen LogP contribution in [-0.2, 0) is 11.2 Å². The predicted molar refractivity (Wildman–Crippen MR) is 60.0 cm³/mol. The Hall–Kier alpha value is -1.06. The Kier molecular flexibility index (Phi) is 4.59. The molecule has 0 saturated carbocycles. The molecule has 0 spiro atoms. The number of hydrogen-bond acceptors (Lipinski definition) is 2. The van der Waals surface area contributed by atoms with Crippen LogP contribution in [0, 0.1) is 0 Å². The molecule has 4 heteroatoms. The van der Waals surface area contributed by atoms with E-state index in [2.05, 4.69) is 0 Å². The van der Waals surface area contributed by atoms with E-state index in [4.69, 9.17) is 22.4 Å². The van der Waals surface area contributed by atoms with Gasteiger partial charge < -0.3 is 10.8 Å². The number of hydrogen-bond donors (Lipinski definition) is 2. The molecule has 1 atom stereocenters. The highest BCUT2D eigenvalue weighted by molar-refractivity contribution is 6.30. The van der Waals surface area contributed by atoms with Gasteiger partial charge in [-0.2, -0.15) is 0 Å². The van der Waals surface area contributed by atoms with Crippen LogP contribution in [0.15, 0.2) is 24.3 Å². The average molecular weight is 228 g/mol. The fourth-order valence-electron chi connectivity index (χ4n) is 1.30. The van der Waals surface area contributed by atoms with Crippen molar-refractivity contribution >= 4 is 17.6 Å². The van der Waals surface area contributed by atoms with Crippen LogP contribution >= 0.6 is 11.6 Å². The van der Waals surface area contributed by atoms with Gasteiger partial charge in [0.25, 0.3) is 0 Å². The van der Waals surface area contributed by atoms with Gasteiger partial charge in [-0.25, -0.2) is 0 Å². The Bertz CT molecular complexity index is 324. The predicted octanol–water partition coefficient (Wildman–Crippen LogP) is 2.07. The summed E-state index contributed by atoms with van der Waals surface area (Å²) in [4.78, 5) is 10.4. The van der Waals surface area contributed by atoms with Gasteiger partial charge in [0.1, 0.15) is 6.04 Å². The monoisotopic (exact) mass is 227 g/mol. The van der Waals surface area contributed by atoms with E-state index in [1.165, 1.54) is 0 Å². The molecule has 3 nitrogen and oxygen atoms in total. The quantitative estimate of drug-likeness (QED) is 0.810. The molecule has 1 aromatic rings. The van der Waals surface area contributed by atoms with Crippen molar-refractivity contribution in [2.45, 2.75) is 25.3 Å². The lowest BCUT2D eigenvalue weighted by Gasteiger charge is -2.05. The zero-order valence-corrected chi connectivity index (χ0v) is 9.07. The Morgan fingerprint density at radius 1 is 1.40 bits per heavy atom. The Balaban J connectivity index is 2.32. The minimum Gasteiger partial charge on any atom is -0.480 e. The fourth-order valence-corrected chi connectivity index (χ4v) is 1.43. The van der Waals surface area contributed by atoms with Crippen molar-refractivity contribution in [1.82, 2.24) is 0 Å². The third kappa shape index (κ3) is 4.32. The molecular formula is C11H14ClNO2. The summed E-state index contributed by atoms with van der Waals surface area (Å²) in [5, 5.41) is 9.28. The van der Waals surface area contributed by atoms with E-state index in [1.807, 2.05) is 24.3 Å². The maximum absolute atomic E-state index is 10.4. The molecular weight excluding hydrogens is 214 g/mol. The second-order valence-corrected chi connectivity index (χ2v) is 3.90. The number of aliphatic carboxylic acids is 1. The number of carboxylic acid groups (broad SMARTS) is 1. The van der Waals surface area contributed by atoms with E-state index in [0.717, 1.165) is 18.4 Å². The molecule has 82 valence electrons. The third-order valence-electron chi connectivity index (χ3n) is 2.21. The largest absolute Gasteiger partial charge is 0.480 e. The van der Waals surface area contributed by atoms with Gasteiger partial charge in [0.05, 0.1) is 0 Å². The summed E-state index contributed by atoms with van der Waals surface area (Å²) < 4.78 is 0. The van der Waals surface area contributed by atoms with Gasteiger partial charge in [-0.1, -0.05) is 23.7 Å². The maximum atomic E-state index is 10.4. The molecule has 0 aromatic heterocycles. The summed E-state index contributed by atoms with van der Waals surface area (Å²) >= 11 is 5.74. The highest BCUT2D eigenvalue weighted by Gasteiger charge is 2.10. The molecule has 0 saturated heterocycles. The van der Waals surface area contributed by atoms with Crippen molar-refractivity contribution in [2.24, 2.45) is 5.73 Å². The van der Waals surface area contributed by atoms with Crippen molar-refractivity contribution in [1.29, 1.82) is 0 Å². The summed E-state index contributed by atoms with van der Waals surface area (Å²) in [6.07, 6.45) is 2.10. The fraction of sp³-hybridized carbons (Fsp3) is 0.364. The molecule has 15 heavy (non-hydrogen) atoms. The highest BCUT2D eigenvalue weighted by Crippen LogP contribution is 2.11. The zero-order valence-electron chi connectivity index (χ0n) is 8.32. The molecule has 3 N–H and O–H groups in total. The number of rotatable bonds is 5. The third-order valence-corrected chi connectivity index (χ3v) is 2.46. The summed E-state index contributed by atoms with van der Waals surface area (Å²) in [5.74, 6) is -0.939. The Morgan fingerprint density at radius 2 is 2.00 bits per heavy atom. The molecule has 0 aliphatic heterocycles. The molecule has 1 rings (SSSR count). The molecule has 0 heterocycles. The van der Waals surface area contributed by atoms with Gasteiger partial charge >= 0.3 is 5.97 Å². The number of halogens is 1. The van der Waals surface area contributed by atoms with E-state index in [1.54, 1.807) is 0 Å². The van der Waals surface area contributed by atoms with E-state index >= 15 is 0 Å². The maximum Gasteiger partial charge on any atom is 0.320 e. The molecule has 0 aliphatic carbocycles. The number of carboxylic acids is 1. The summed E-state index contributed by atoms with van der Waals surface area (Å²) in [6, 6.07) is 6.78. The van der Waals surface area contributed by atoms with Crippen LogP contribution in [0.1, 0.15) is 18.4 Å². The molecule has 0 radical (unpaired) electrons. The average Bonchev–Trinajstić information content (AvgIpc) is 2.20. The zero-order chi connectivity index (χ0) is 11.3. The summed E-state index contributed by atoms with van der Waals surface area (Å²) in [7, 11) is 0. The lowest BCUT2D eigenvalue weighted by atomic mass is 10.1. The van der Waals surface area contributed by atoms with Crippen molar-refractivity contribution in [3.05, 3.63) is 34.9 Å². The molecule has 1 unspecified atom stereocenters. The van der Waals surface area contributed by atoms with Crippen LogP contribution in [0.5, 0.6) is 0 Å². The van der Waals surface area contributed by atoms with Gasteiger partial charge in [-0.05, 0) is 37.0 Å². The van der Waals surface area contributed by atoms with E-state index in [9.17, 15) is 4.79 Å². The van der Waals surface area contributed by atoms with Crippen LogP contribution < -0.4 is 5.73 Å². The first-order valence-corrected chi connectivity index (χ1v) is 5.20. The van der Waals surface area contributed by atoms with Gasteiger partial charge in [0.15, 0.2) is 0 Å². The van der Waals surface area contributed by atoms with Crippen LogP contribution in [0.2, 0.25) is 5.02 Å². The lowest BCUT2D eigenvalue weighted by Crippen LogP contribution is -2.29. The van der Waals surface area contributed by atoms with Crippen LogP contribution in [0.4, 0.5) is 0 Å². The smallest absolute Gasteiger partial charge is 0.320 e. The van der Waals surface area contributed by atoms with E-state index in [0.29, 0.717) is 11.4 Å². The molecule has 1 aromatic carbocycles.